The lowest BCUT2D eigenvalue weighted by atomic mass is 10.0. The number of amides is 2. The highest BCUT2D eigenvalue weighted by Gasteiger charge is 2.32. The third kappa shape index (κ3) is 4.52. The van der Waals surface area contributed by atoms with E-state index >= 15 is 0 Å². The van der Waals surface area contributed by atoms with E-state index in [1.54, 1.807) is 0 Å². The summed E-state index contributed by atoms with van der Waals surface area (Å²) in [6.45, 7) is 0. The monoisotopic (exact) mass is 442 g/mol. The van der Waals surface area contributed by atoms with E-state index in [2.05, 4.69) is 25.6 Å². The summed E-state index contributed by atoms with van der Waals surface area (Å²) in [6.07, 6.45) is 4.80. The number of aromatic nitrogens is 4. The van der Waals surface area contributed by atoms with E-state index in [-0.39, 0.29) is 18.2 Å². The van der Waals surface area contributed by atoms with Crippen molar-refractivity contribution in [2.24, 2.45) is 0 Å². The molecule has 2 heterocycles. The van der Waals surface area contributed by atoms with Crippen LogP contribution < -0.4 is 10.6 Å². The number of fused-ring (bicyclic) bond motifs is 1. The molecule has 0 saturated heterocycles. The highest BCUT2D eigenvalue weighted by Crippen LogP contribution is 2.19. The van der Waals surface area contributed by atoms with Crippen molar-refractivity contribution >= 4 is 28.6 Å². The van der Waals surface area contributed by atoms with Gasteiger partial charge in [0.05, 0.1) is 17.2 Å². The van der Waals surface area contributed by atoms with Crippen LogP contribution in [-0.2, 0) is 16.0 Å². The number of rotatable bonds is 8. The van der Waals surface area contributed by atoms with Crippen molar-refractivity contribution in [2.45, 2.75) is 31.3 Å². The molecule has 1 atom stereocenters. The van der Waals surface area contributed by atoms with Crippen molar-refractivity contribution in [3.8, 4) is 5.95 Å². The fraction of sp³-hybridized carbons (Fsp3) is 0.208. The van der Waals surface area contributed by atoms with Gasteiger partial charge in [0, 0.05) is 12.5 Å². The minimum atomic E-state index is -1.02. The molecular weight excluding hydrogens is 420 g/mol. The van der Waals surface area contributed by atoms with Crippen LogP contribution in [0.25, 0.3) is 17.0 Å². The van der Waals surface area contributed by atoms with Gasteiger partial charge in [0.25, 0.3) is 11.8 Å². The number of aromatic amines is 1. The van der Waals surface area contributed by atoms with Crippen LogP contribution >= 0.6 is 0 Å². The number of hydrogen-bond acceptors (Lipinski definition) is 5. The van der Waals surface area contributed by atoms with Crippen LogP contribution in [0.5, 0.6) is 0 Å². The second-order valence-corrected chi connectivity index (χ2v) is 8.05. The number of H-pyrrole nitrogens is 1. The summed E-state index contributed by atoms with van der Waals surface area (Å²) >= 11 is 0. The highest BCUT2D eigenvalue weighted by molar-refractivity contribution is 6.38. The van der Waals surface area contributed by atoms with E-state index in [0.29, 0.717) is 5.95 Å². The molecule has 9 heteroatoms. The van der Waals surface area contributed by atoms with E-state index in [1.165, 1.54) is 17.1 Å². The lowest BCUT2D eigenvalue weighted by Gasteiger charge is -2.18. The molecule has 2 aromatic carbocycles. The summed E-state index contributed by atoms with van der Waals surface area (Å²) in [6, 6.07) is 15.8. The maximum Gasteiger partial charge on any atom is 0.289 e. The molecule has 0 unspecified atom stereocenters. The predicted octanol–water partition coefficient (Wildman–Crippen LogP) is 1.94. The molecule has 3 N–H and O–H groups in total. The standard InChI is InChI=1S/C24H22N6O3/c31-21(23(33)26-16-10-11-16)19(12-15-6-2-1-3-7-15)27-22(32)20-13-25-14-30(20)24-28-17-8-4-5-9-18(17)29-24/h1-9,13-14,16,19H,10-12H2,(H,26,33)(H,27,32)(H,28,29)/t19-/m0/s1. The lowest BCUT2D eigenvalue weighted by Crippen LogP contribution is -2.49. The topological polar surface area (TPSA) is 122 Å². The highest BCUT2D eigenvalue weighted by atomic mass is 16.2. The van der Waals surface area contributed by atoms with E-state index < -0.39 is 23.6 Å². The molecule has 1 aliphatic rings. The number of ketones is 1. The molecule has 166 valence electrons. The van der Waals surface area contributed by atoms with Gasteiger partial charge in [-0.3, -0.25) is 19.0 Å². The van der Waals surface area contributed by atoms with Gasteiger partial charge in [-0.05, 0) is 30.5 Å². The summed E-state index contributed by atoms with van der Waals surface area (Å²) in [5, 5.41) is 5.44. The zero-order valence-corrected chi connectivity index (χ0v) is 17.7. The number of benzene rings is 2. The van der Waals surface area contributed by atoms with Crippen molar-refractivity contribution in [1.29, 1.82) is 0 Å². The fourth-order valence-electron chi connectivity index (χ4n) is 3.62. The Kier molecular flexibility index (Phi) is 5.43. The lowest BCUT2D eigenvalue weighted by molar-refractivity contribution is -0.139. The van der Waals surface area contributed by atoms with Gasteiger partial charge in [-0.2, -0.15) is 0 Å². The van der Waals surface area contributed by atoms with Crippen LogP contribution in [0.2, 0.25) is 0 Å². The fourth-order valence-corrected chi connectivity index (χ4v) is 3.62. The van der Waals surface area contributed by atoms with Gasteiger partial charge in [0.15, 0.2) is 0 Å². The number of imidazole rings is 2. The summed E-state index contributed by atoms with van der Waals surface area (Å²) in [4.78, 5) is 50.3. The molecule has 2 aromatic heterocycles. The Labute approximate surface area is 189 Å². The molecule has 1 aliphatic carbocycles. The van der Waals surface area contributed by atoms with Gasteiger partial charge in [-0.25, -0.2) is 9.97 Å². The summed E-state index contributed by atoms with van der Waals surface area (Å²) in [5.74, 6) is -1.45. The molecule has 0 radical (unpaired) electrons. The van der Waals surface area contributed by atoms with Gasteiger partial charge < -0.3 is 15.6 Å². The quantitative estimate of drug-likeness (QED) is 0.360. The van der Waals surface area contributed by atoms with Crippen LogP contribution in [0.3, 0.4) is 0 Å². The van der Waals surface area contributed by atoms with E-state index in [4.69, 9.17) is 0 Å². The Balaban J connectivity index is 1.39. The third-order valence-corrected chi connectivity index (χ3v) is 5.52. The third-order valence-electron chi connectivity index (χ3n) is 5.52. The van der Waals surface area contributed by atoms with Gasteiger partial charge in [0.1, 0.15) is 18.1 Å². The van der Waals surface area contributed by atoms with Gasteiger partial charge in [-0.1, -0.05) is 42.5 Å². The first-order valence-electron chi connectivity index (χ1n) is 10.8. The molecule has 0 aliphatic heterocycles. The number of nitrogens with zero attached hydrogens (tertiary/aromatic N) is 3. The summed E-state index contributed by atoms with van der Waals surface area (Å²) in [7, 11) is 0. The molecule has 5 rings (SSSR count). The molecule has 4 aromatic rings. The second kappa shape index (κ2) is 8.70. The largest absolute Gasteiger partial charge is 0.347 e. The van der Waals surface area contributed by atoms with Crippen LogP contribution in [0.1, 0.15) is 28.9 Å². The van der Waals surface area contributed by atoms with Gasteiger partial charge in [-0.15, -0.1) is 0 Å². The van der Waals surface area contributed by atoms with E-state index in [9.17, 15) is 14.4 Å². The maximum absolute atomic E-state index is 13.2. The molecule has 9 nitrogen and oxygen atoms in total. The molecule has 1 saturated carbocycles. The first-order valence-corrected chi connectivity index (χ1v) is 10.8. The van der Waals surface area contributed by atoms with Crippen LogP contribution in [0.4, 0.5) is 0 Å². The number of Topliss-reactive ketones (excluding diaryl/α,β-unsaturated/α-hetero) is 1. The summed E-state index contributed by atoms with van der Waals surface area (Å²) in [5.41, 5.74) is 2.60. The predicted molar refractivity (Wildman–Crippen MR) is 121 cm³/mol. The maximum atomic E-state index is 13.2. The molecule has 1 fully saturated rings. The zero-order valence-electron chi connectivity index (χ0n) is 17.7. The van der Waals surface area contributed by atoms with E-state index in [0.717, 1.165) is 29.4 Å². The average Bonchev–Trinajstić information content (AvgIpc) is 3.33. The first-order chi connectivity index (χ1) is 16.1. The Bertz CT molecular complexity index is 1290. The van der Waals surface area contributed by atoms with Crippen molar-refractivity contribution in [3.63, 3.8) is 0 Å². The van der Waals surface area contributed by atoms with Crippen LogP contribution in [0, 0.1) is 0 Å². The second-order valence-electron chi connectivity index (χ2n) is 8.05. The molecular formula is C24H22N6O3. The molecule has 0 spiro atoms. The van der Waals surface area contributed by atoms with Crippen molar-refractivity contribution in [3.05, 3.63) is 78.4 Å². The van der Waals surface area contributed by atoms with Crippen LogP contribution in [0.15, 0.2) is 67.1 Å². The van der Waals surface area contributed by atoms with Crippen molar-refractivity contribution in [2.75, 3.05) is 0 Å². The number of carbonyl (C=O) groups excluding carboxylic acids is 3. The van der Waals surface area contributed by atoms with Crippen molar-refractivity contribution in [1.82, 2.24) is 30.2 Å². The average molecular weight is 442 g/mol. The minimum Gasteiger partial charge on any atom is -0.347 e. The molecule has 2 amide bonds. The molecule has 33 heavy (non-hydrogen) atoms. The number of para-hydroxylation sites is 2. The Morgan fingerprint density at radius 3 is 2.58 bits per heavy atom. The van der Waals surface area contributed by atoms with E-state index in [1.807, 2.05) is 54.6 Å². The smallest absolute Gasteiger partial charge is 0.289 e. The van der Waals surface area contributed by atoms with Gasteiger partial charge in [0.2, 0.25) is 11.7 Å². The number of nitrogens with one attached hydrogen (secondary N) is 3. The normalized spacial score (nSPS) is 14.1. The zero-order chi connectivity index (χ0) is 22.8. The first kappa shape index (κ1) is 20.6. The Morgan fingerprint density at radius 1 is 1.06 bits per heavy atom. The SMILES string of the molecule is O=C(NC1CC1)C(=O)[C@H](Cc1ccccc1)NC(=O)c1cncn1-c1nc2ccccc2[nH]1. The van der Waals surface area contributed by atoms with Gasteiger partial charge >= 0.3 is 0 Å². The summed E-state index contributed by atoms with van der Waals surface area (Å²) < 4.78 is 1.52. The minimum absolute atomic E-state index is 0.0454. The van der Waals surface area contributed by atoms with Crippen LogP contribution in [-0.4, -0.2) is 49.2 Å². The van der Waals surface area contributed by atoms with Crippen molar-refractivity contribution < 1.29 is 14.4 Å². The number of hydrogen-bond donors (Lipinski definition) is 3. The Hall–Kier alpha value is -4.27. The molecule has 0 bridgehead atoms. The Morgan fingerprint density at radius 2 is 1.82 bits per heavy atom. The number of carbonyl (C=O) groups is 3.